The van der Waals surface area contributed by atoms with E-state index in [1.54, 1.807) is 10.4 Å². The molecule has 0 amide bonds. The molecule has 18 heavy (non-hydrogen) atoms. The Morgan fingerprint density at radius 1 is 0.611 bits per heavy atom. The van der Waals surface area contributed by atoms with Crippen LogP contribution in [-0.4, -0.2) is 37.9 Å². The van der Waals surface area contributed by atoms with Crippen molar-refractivity contribution in [2.24, 2.45) is 0 Å². The average Bonchev–Trinajstić information content (AvgIpc) is 2.39. The monoisotopic (exact) mass is 400 g/mol. The zero-order valence-electron chi connectivity index (χ0n) is 10.6. The predicted octanol–water partition coefficient (Wildman–Crippen LogP) is 1.37. The molecule has 0 aromatic heterocycles. The van der Waals surface area contributed by atoms with Gasteiger partial charge in [0, 0.05) is 0 Å². The summed E-state index contributed by atoms with van der Waals surface area (Å²) in [6.45, 7) is 5.25. The first-order valence-electron chi connectivity index (χ1n) is 6.14. The second kappa shape index (κ2) is 4.79. The van der Waals surface area contributed by atoms with Gasteiger partial charge in [0.05, 0.1) is 0 Å². The molecule has 0 unspecified atom stereocenters. The van der Waals surface area contributed by atoms with E-state index in [0.717, 1.165) is 27.4 Å². The first-order chi connectivity index (χ1) is 8.62. The molecule has 0 radical (unpaired) electrons. The van der Waals surface area contributed by atoms with Gasteiger partial charge in [-0.1, -0.05) is 0 Å². The summed E-state index contributed by atoms with van der Waals surface area (Å²) < 4.78 is 0. The van der Waals surface area contributed by atoms with Crippen molar-refractivity contribution < 1.29 is 0 Å². The Kier molecular flexibility index (Phi) is 3.44. The summed E-state index contributed by atoms with van der Waals surface area (Å²) in [7, 11) is 0. The SMILES string of the molecule is C[Si]1(c2ccccc2)[Se][Si](C)(c2ccccc2)[Se]1. The van der Waals surface area contributed by atoms with E-state index in [4.69, 9.17) is 0 Å². The molecule has 2 aromatic carbocycles. The topological polar surface area (TPSA) is 0 Å². The fraction of sp³-hybridized carbons (Fsp3) is 0.143. The predicted molar refractivity (Wildman–Crippen MR) is 86.9 cm³/mol. The summed E-state index contributed by atoms with van der Waals surface area (Å²) in [6.07, 6.45) is 0. The van der Waals surface area contributed by atoms with Crippen LogP contribution < -0.4 is 10.4 Å². The molecule has 3 rings (SSSR count). The fourth-order valence-electron chi connectivity index (χ4n) is 2.47. The molecular weight excluding hydrogens is 382 g/mol. The first-order valence-corrected chi connectivity index (χ1v) is 21.0. The molecule has 0 bridgehead atoms. The second-order valence-electron chi connectivity index (χ2n) is 4.83. The van der Waals surface area contributed by atoms with E-state index in [0.29, 0.717) is 0 Å². The summed E-state index contributed by atoms with van der Waals surface area (Å²) in [5, 5.41) is 1.42. The average molecular weight is 398 g/mol. The minimum atomic E-state index is -1.00. The minimum absolute atomic E-state index is 0.919. The van der Waals surface area contributed by atoms with Crippen molar-refractivity contribution in [3.8, 4) is 0 Å². The van der Waals surface area contributed by atoms with Crippen LogP contribution in [-0.2, 0) is 0 Å². The molecule has 1 saturated heterocycles. The van der Waals surface area contributed by atoms with Gasteiger partial charge in [0.1, 0.15) is 0 Å². The Balaban J connectivity index is 1.84. The van der Waals surface area contributed by atoms with E-state index in [2.05, 4.69) is 73.8 Å². The number of hydrogen-bond acceptors (Lipinski definition) is 0. The normalized spacial score (nSPS) is 30.8. The molecule has 4 heteroatoms. The maximum atomic E-state index is 2.63. The van der Waals surface area contributed by atoms with Crippen LogP contribution in [0.25, 0.3) is 0 Å². The van der Waals surface area contributed by atoms with E-state index < -0.39 is 10.6 Å². The molecule has 92 valence electrons. The van der Waals surface area contributed by atoms with Crippen molar-refractivity contribution in [1.82, 2.24) is 0 Å². The molecule has 0 aliphatic carbocycles. The molecule has 0 atom stereocenters. The summed E-state index contributed by atoms with van der Waals surface area (Å²) in [4.78, 5) is 0. The number of benzene rings is 2. The molecule has 1 heterocycles. The molecule has 0 N–H and O–H groups in total. The van der Waals surface area contributed by atoms with Crippen LogP contribution in [0.5, 0.6) is 0 Å². The summed E-state index contributed by atoms with van der Waals surface area (Å²) in [5.74, 6) is 0. The standard InChI is InChI=1S/C14H16Se2Si2/c1-17(13-9-5-3-6-10-13)15-18(2,16-17)14-11-7-4-8-12-14/h3-12H,1-2H3. The summed E-state index contributed by atoms with van der Waals surface area (Å²) in [6, 6.07) is 22.7. The van der Waals surface area contributed by atoms with Crippen LogP contribution in [0.3, 0.4) is 0 Å². The van der Waals surface area contributed by atoms with Gasteiger partial charge in [0.2, 0.25) is 0 Å². The van der Waals surface area contributed by atoms with E-state index >= 15 is 0 Å². The molecule has 2 aromatic rings. The molecule has 1 aliphatic heterocycles. The molecule has 0 nitrogen and oxygen atoms in total. The van der Waals surface area contributed by atoms with Crippen LogP contribution in [0.1, 0.15) is 0 Å². The first kappa shape index (κ1) is 12.9. The van der Waals surface area contributed by atoms with Gasteiger partial charge in [-0.25, -0.2) is 0 Å². The second-order valence-corrected chi connectivity index (χ2v) is 47.5. The van der Waals surface area contributed by atoms with Crippen molar-refractivity contribution in [2.75, 3.05) is 0 Å². The van der Waals surface area contributed by atoms with Gasteiger partial charge in [0.15, 0.2) is 0 Å². The van der Waals surface area contributed by atoms with Crippen LogP contribution in [0.4, 0.5) is 0 Å². The molecule has 1 fully saturated rings. The zero-order valence-corrected chi connectivity index (χ0v) is 16.0. The molecular formula is C14H16Se2Si2. The van der Waals surface area contributed by atoms with Crippen molar-refractivity contribution in [1.29, 1.82) is 0 Å². The Hall–Kier alpha value is -0.0873. The van der Waals surface area contributed by atoms with Crippen molar-refractivity contribution in [3.05, 3.63) is 60.7 Å². The quantitative estimate of drug-likeness (QED) is 0.671. The van der Waals surface area contributed by atoms with Crippen LogP contribution in [0.15, 0.2) is 60.7 Å². The third kappa shape index (κ3) is 2.22. The third-order valence-electron chi connectivity index (χ3n) is 3.38. The Morgan fingerprint density at radius 2 is 0.944 bits per heavy atom. The Bertz CT molecular complexity index is 487. The zero-order chi connectivity index (χ0) is 12.6. The van der Waals surface area contributed by atoms with E-state index in [9.17, 15) is 0 Å². The Morgan fingerprint density at radius 3 is 1.28 bits per heavy atom. The third-order valence-corrected chi connectivity index (χ3v) is 80.4. The van der Waals surface area contributed by atoms with Crippen LogP contribution >= 0.6 is 0 Å². The Labute approximate surface area is 121 Å². The van der Waals surface area contributed by atoms with Crippen LogP contribution in [0, 0.1) is 0 Å². The van der Waals surface area contributed by atoms with E-state index in [1.807, 2.05) is 0 Å². The van der Waals surface area contributed by atoms with Gasteiger partial charge in [0.25, 0.3) is 0 Å². The molecule has 0 spiro atoms. The fourth-order valence-corrected chi connectivity index (χ4v) is 110. The number of rotatable bonds is 2. The van der Waals surface area contributed by atoms with Gasteiger partial charge in [-0.2, -0.15) is 0 Å². The van der Waals surface area contributed by atoms with E-state index in [-0.39, 0.29) is 0 Å². The molecule has 0 saturated carbocycles. The van der Waals surface area contributed by atoms with Crippen molar-refractivity contribution in [2.45, 2.75) is 13.1 Å². The van der Waals surface area contributed by atoms with Gasteiger partial charge in [-0.05, 0) is 0 Å². The maximum absolute atomic E-state index is 2.63. The summed E-state index contributed by atoms with van der Waals surface area (Å²) in [5.41, 5.74) is 0. The van der Waals surface area contributed by atoms with Gasteiger partial charge >= 0.3 is 122 Å². The van der Waals surface area contributed by atoms with E-state index in [1.165, 1.54) is 0 Å². The van der Waals surface area contributed by atoms with Gasteiger partial charge in [-0.15, -0.1) is 0 Å². The van der Waals surface area contributed by atoms with Crippen LogP contribution in [0.2, 0.25) is 13.1 Å². The summed E-state index contributed by atoms with van der Waals surface area (Å²) >= 11 is 1.84. The number of hydrogen-bond donors (Lipinski definition) is 0. The van der Waals surface area contributed by atoms with Crippen molar-refractivity contribution >= 4 is 48.3 Å². The van der Waals surface area contributed by atoms with Gasteiger partial charge in [-0.3, -0.25) is 0 Å². The molecule has 1 aliphatic rings. The van der Waals surface area contributed by atoms with Crippen molar-refractivity contribution in [3.63, 3.8) is 0 Å². The van der Waals surface area contributed by atoms with Gasteiger partial charge < -0.3 is 0 Å².